The predicted molar refractivity (Wildman–Crippen MR) is 133 cm³/mol. The minimum absolute atomic E-state index is 0.0158. The number of hydrogen-bond donors (Lipinski definition) is 1. The Hall–Kier alpha value is -0.0400. The molecule has 4 aliphatic carbocycles. The molecular formula is C30H54O. The molecule has 0 aliphatic heterocycles. The summed E-state index contributed by atoms with van der Waals surface area (Å²) in [4.78, 5) is 0. The average Bonchev–Trinajstić information content (AvgIpc) is 3.00. The lowest BCUT2D eigenvalue weighted by atomic mass is 9.48. The van der Waals surface area contributed by atoms with Gasteiger partial charge in [-0.15, -0.1) is 0 Å². The molecule has 4 rings (SSSR count). The minimum atomic E-state index is -0.0158. The topological polar surface area (TPSA) is 20.2 Å². The van der Waals surface area contributed by atoms with E-state index < -0.39 is 0 Å². The van der Waals surface area contributed by atoms with Crippen molar-refractivity contribution in [3.05, 3.63) is 0 Å². The van der Waals surface area contributed by atoms with Crippen molar-refractivity contribution in [1.29, 1.82) is 0 Å². The van der Waals surface area contributed by atoms with Gasteiger partial charge in [0, 0.05) is 0 Å². The van der Waals surface area contributed by atoms with Gasteiger partial charge in [-0.3, -0.25) is 0 Å². The summed E-state index contributed by atoms with van der Waals surface area (Å²) in [5.74, 6) is 7.30. The quantitative estimate of drug-likeness (QED) is 0.448. The van der Waals surface area contributed by atoms with E-state index in [-0.39, 0.29) is 6.10 Å². The summed E-state index contributed by atoms with van der Waals surface area (Å²) in [7, 11) is 0. The van der Waals surface area contributed by atoms with Gasteiger partial charge >= 0.3 is 0 Å². The average molecular weight is 431 g/mol. The smallest absolute Gasteiger partial charge is 0.0543 e. The Kier molecular flexibility index (Phi) is 7.23. The van der Waals surface area contributed by atoms with E-state index in [9.17, 15) is 5.11 Å². The van der Waals surface area contributed by atoms with Crippen LogP contribution in [-0.4, -0.2) is 11.2 Å². The van der Waals surface area contributed by atoms with E-state index in [1.807, 2.05) is 0 Å². The van der Waals surface area contributed by atoms with Crippen LogP contribution >= 0.6 is 0 Å². The summed E-state index contributed by atoms with van der Waals surface area (Å²) >= 11 is 0. The standard InChI is InChI=1S/C30H54O/c1-7-22(20(2)3)12-11-21(4)26-13-14-27-25-10-8-9-23-19-24(31)15-17-29(23,5)28(25)16-18-30(26,27)6/h20-28,31H,7-19H2,1-6H3/t21-,22+,23?,24+,25-,26?,27?,28?,29+,30-/m1/s1. The largest absolute Gasteiger partial charge is 0.393 e. The Morgan fingerprint density at radius 1 is 0.839 bits per heavy atom. The summed E-state index contributed by atoms with van der Waals surface area (Å²) in [6.07, 6.45) is 18.0. The first-order valence-corrected chi connectivity index (χ1v) is 14.4. The number of rotatable bonds is 6. The van der Waals surface area contributed by atoms with Crippen LogP contribution in [0, 0.1) is 58.2 Å². The minimum Gasteiger partial charge on any atom is -0.393 e. The summed E-state index contributed by atoms with van der Waals surface area (Å²) in [5, 5.41) is 10.4. The van der Waals surface area contributed by atoms with Gasteiger partial charge < -0.3 is 5.11 Å². The molecule has 0 spiro atoms. The Morgan fingerprint density at radius 2 is 1.55 bits per heavy atom. The highest BCUT2D eigenvalue weighted by Crippen LogP contribution is 2.67. The van der Waals surface area contributed by atoms with Crippen LogP contribution in [0.1, 0.15) is 125 Å². The van der Waals surface area contributed by atoms with E-state index in [1.165, 1.54) is 70.6 Å². The fourth-order valence-corrected chi connectivity index (χ4v) is 10.1. The van der Waals surface area contributed by atoms with Crippen molar-refractivity contribution < 1.29 is 5.11 Å². The molecule has 4 fully saturated rings. The van der Waals surface area contributed by atoms with Crippen LogP contribution in [0.4, 0.5) is 0 Å². The second kappa shape index (κ2) is 9.31. The van der Waals surface area contributed by atoms with Crippen LogP contribution in [0.25, 0.3) is 0 Å². The van der Waals surface area contributed by atoms with Crippen molar-refractivity contribution in [2.24, 2.45) is 58.2 Å². The molecule has 0 heterocycles. The van der Waals surface area contributed by atoms with E-state index in [0.29, 0.717) is 10.8 Å². The molecule has 0 radical (unpaired) electrons. The number of fused-ring (bicyclic) bond motifs is 5. The molecule has 0 aromatic rings. The molecule has 0 aromatic carbocycles. The first-order chi connectivity index (χ1) is 14.7. The Labute approximate surface area is 194 Å². The molecule has 4 unspecified atom stereocenters. The molecule has 1 N–H and O–H groups in total. The van der Waals surface area contributed by atoms with Gasteiger partial charge in [0.05, 0.1) is 6.10 Å². The van der Waals surface area contributed by atoms with E-state index in [0.717, 1.165) is 60.2 Å². The first-order valence-electron chi connectivity index (χ1n) is 14.4. The van der Waals surface area contributed by atoms with Gasteiger partial charge in [0.25, 0.3) is 0 Å². The number of aliphatic hydroxyl groups is 1. The Morgan fingerprint density at radius 3 is 2.26 bits per heavy atom. The third kappa shape index (κ3) is 4.28. The maximum atomic E-state index is 10.4. The molecule has 10 atom stereocenters. The van der Waals surface area contributed by atoms with E-state index >= 15 is 0 Å². The molecular weight excluding hydrogens is 376 g/mol. The number of hydrogen-bond acceptors (Lipinski definition) is 1. The molecule has 0 aromatic heterocycles. The summed E-state index contributed by atoms with van der Waals surface area (Å²) in [6.45, 7) is 15.3. The fourth-order valence-electron chi connectivity index (χ4n) is 10.1. The SMILES string of the molecule is CC[C@@H](CC[C@@H](C)C1CCC2[C@H]3CCCC4C[C@@H](O)CC[C@]4(C)C3CC[C@@]21C)C(C)C. The van der Waals surface area contributed by atoms with Crippen molar-refractivity contribution in [1.82, 2.24) is 0 Å². The Balaban J connectivity index is 1.48. The van der Waals surface area contributed by atoms with E-state index in [4.69, 9.17) is 0 Å². The molecule has 1 nitrogen and oxygen atoms in total. The molecule has 0 saturated heterocycles. The van der Waals surface area contributed by atoms with Crippen LogP contribution in [0.15, 0.2) is 0 Å². The maximum Gasteiger partial charge on any atom is 0.0543 e. The van der Waals surface area contributed by atoms with Gasteiger partial charge in [-0.25, -0.2) is 0 Å². The van der Waals surface area contributed by atoms with Crippen LogP contribution in [0.5, 0.6) is 0 Å². The molecule has 31 heavy (non-hydrogen) atoms. The van der Waals surface area contributed by atoms with Crippen LogP contribution in [-0.2, 0) is 0 Å². The van der Waals surface area contributed by atoms with Gasteiger partial charge in [0.1, 0.15) is 0 Å². The predicted octanol–water partition coefficient (Wildman–Crippen LogP) is 8.49. The third-order valence-corrected chi connectivity index (χ3v) is 12.1. The van der Waals surface area contributed by atoms with Crippen LogP contribution in [0.2, 0.25) is 0 Å². The summed E-state index contributed by atoms with van der Waals surface area (Å²) in [6, 6.07) is 0. The van der Waals surface area contributed by atoms with Crippen LogP contribution < -0.4 is 0 Å². The first kappa shape index (κ1) is 24.1. The second-order valence-corrected chi connectivity index (χ2v) is 13.6. The lowest BCUT2D eigenvalue weighted by Crippen LogP contribution is -2.50. The highest BCUT2D eigenvalue weighted by atomic mass is 16.3. The van der Waals surface area contributed by atoms with E-state index in [2.05, 4.69) is 41.5 Å². The molecule has 180 valence electrons. The molecule has 4 saturated carbocycles. The van der Waals surface area contributed by atoms with Gasteiger partial charge in [-0.2, -0.15) is 0 Å². The highest BCUT2D eigenvalue weighted by Gasteiger charge is 2.59. The molecule has 0 amide bonds. The zero-order valence-corrected chi connectivity index (χ0v) is 21.8. The summed E-state index contributed by atoms with van der Waals surface area (Å²) in [5.41, 5.74) is 1.11. The zero-order chi connectivity index (χ0) is 22.4. The van der Waals surface area contributed by atoms with Crippen molar-refractivity contribution >= 4 is 0 Å². The van der Waals surface area contributed by atoms with Gasteiger partial charge in [-0.05, 0) is 122 Å². The second-order valence-electron chi connectivity index (χ2n) is 13.6. The lowest BCUT2D eigenvalue weighted by molar-refractivity contribution is -0.0879. The zero-order valence-electron chi connectivity index (χ0n) is 21.8. The van der Waals surface area contributed by atoms with E-state index in [1.54, 1.807) is 0 Å². The fraction of sp³-hybridized carbons (Fsp3) is 1.00. The molecule has 1 heteroatoms. The molecule has 0 bridgehead atoms. The Bertz CT molecular complexity index is 597. The van der Waals surface area contributed by atoms with Gasteiger partial charge in [0.2, 0.25) is 0 Å². The van der Waals surface area contributed by atoms with Gasteiger partial charge in [-0.1, -0.05) is 60.8 Å². The molecule has 4 aliphatic rings. The van der Waals surface area contributed by atoms with Crippen molar-refractivity contribution in [2.45, 2.75) is 131 Å². The maximum absolute atomic E-state index is 10.4. The normalized spacial score (nSPS) is 47.2. The number of aliphatic hydroxyl groups excluding tert-OH is 1. The summed E-state index contributed by atoms with van der Waals surface area (Å²) < 4.78 is 0. The van der Waals surface area contributed by atoms with Gasteiger partial charge in [0.15, 0.2) is 0 Å². The highest BCUT2D eigenvalue weighted by molar-refractivity contribution is 5.08. The van der Waals surface area contributed by atoms with Crippen LogP contribution in [0.3, 0.4) is 0 Å². The monoisotopic (exact) mass is 430 g/mol. The van der Waals surface area contributed by atoms with Crippen molar-refractivity contribution in [3.63, 3.8) is 0 Å². The lowest BCUT2D eigenvalue weighted by Gasteiger charge is -2.56. The third-order valence-electron chi connectivity index (χ3n) is 12.1. The van der Waals surface area contributed by atoms with Crippen molar-refractivity contribution in [2.75, 3.05) is 0 Å². The van der Waals surface area contributed by atoms with Crippen molar-refractivity contribution in [3.8, 4) is 0 Å².